The third kappa shape index (κ3) is 3.63. The number of allylic oxidation sites excluding steroid dienone is 5. The summed E-state index contributed by atoms with van der Waals surface area (Å²) in [4.78, 5) is 0. The van der Waals surface area contributed by atoms with Gasteiger partial charge in [-0.3, -0.25) is 0 Å². The van der Waals surface area contributed by atoms with Crippen LogP contribution in [-0.4, -0.2) is 0 Å². The van der Waals surface area contributed by atoms with E-state index in [4.69, 9.17) is 0 Å². The third-order valence-corrected chi connectivity index (χ3v) is 2.03. The lowest BCUT2D eigenvalue weighted by atomic mass is 10.2. The van der Waals surface area contributed by atoms with E-state index in [1.54, 1.807) is 0 Å². The fourth-order valence-corrected chi connectivity index (χ4v) is 0.711. The lowest BCUT2D eigenvalue weighted by molar-refractivity contribution is 1.37. The van der Waals surface area contributed by atoms with E-state index in [2.05, 4.69) is 35.7 Å². The Morgan fingerprint density at radius 1 is 1.30 bits per heavy atom. The minimum Gasteiger partial charge on any atom is -0.106 e. The predicted molar refractivity (Wildman–Crippen MR) is 52.0 cm³/mol. The van der Waals surface area contributed by atoms with Gasteiger partial charge in [0.15, 0.2) is 0 Å². The van der Waals surface area contributed by atoms with Gasteiger partial charge in [-0.15, -0.1) is 9.24 Å². The molecule has 1 atom stereocenters. The lowest BCUT2D eigenvalue weighted by Crippen LogP contribution is -1.72. The summed E-state index contributed by atoms with van der Waals surface area (Å²) < 4.78 is 0. The normalized spacial score (nSPS) is 11.0. The van der Waals surface area contributed by atoms with Crippen LogP contribution in [0.1, 0.15) is 20.8 Å². The van der Waals surface area contributed by atoms with Crippen molar-refractivity contribution in [2.75, 3.05) is 0 Å². The minimum atomic E-state index is 1.20. The Morgan fingerprint density at radius 2 is 1.80 bits per heavy atom. The van der Waals surface area contributed by atoms with Gasteiger partial charge in [-0.05, 0) is 26.1 Å². The van der Waals surface area contributed by atoms with Crippen molar-refractivity contribution in [1.82, 2.24) is 0 Å². The molecule has 0 aromatic carbocycles. The van der Waals surface area contributed by atoms with E-state index in [-0.39, 0.29) is 0 Å². The van der Waals surface area contributed by atoms with Crippen LogP contribution < -0.4 is 0 Å². The van der Waals surface area contributed by atoms with Crippen LogP contribution in [0.2, 0.25) is 0 Å². The van der Waals surface area contributed by atoms with Crippen molar-refractivity contribution in [3.05, 3.63) is 35.2 Å². The van der Waals surface area contributed by atoms with Crippen molar-refractivity contribution in [2.45, 2.75) is 20.8 Å². The summed E-state index contributed by atoms with van der Waals surface area (Å²) in [6.45, 7) is 9.90. The molecular formula is C9H15P. The van der Waals surface area contributed by atoms with Crippen molar-refractivity contribution >= 4 is 9.24 Å². The first kappa shape index (κ1) is 9.65. The average molecular weight is 154 g/mol. The van der Waals surface area contributed by atoms with Gasteiger partial charge in [0.05, 0.1) is 0 Å². The van der Waals surface area contributed by atoms with Crippen LogP contribution >= 0.6 is 9.24 Å². The second-order valence-electron chi connectivity index (χ2n) is 2.55. The summed E-state index contributed by atoms with van der Waals surface area (Å²) in [6, 6.07) is 0. The smallest absolute Gasteiger partial charge is 0.0314 e. The van der Waals surface area contributed by atoms with E-state index in [9.17, 15) is 0 Å². The van der Waals surface area contributed by atoms with Crippen LogP contribution in [0.4, 0.5) is 0 Å². The highest BCUT2D eigenvalue weighted by Gasteiger charge is 1.86. The maximum atomic E-state index is 3.67. The number of hydrogen-bond acceptors (Lipinski definition) is 0. The fourth-order valence-electron chi connectivity index (χ4n) is 0.449. The van der Waals surface area contributed by atoms with Crippen molar-refractivity contribution in [3.63, 3.8) is 0 Å². The summed E-state index contributed by atoms with van der Waals surface area (Å²) in [5, 5.41) is 1.25. The molecule has 0 aromatic heterocycles. The highest BCUT2D eigenvalue weighted by molar-refractivity contribution is 7.23. The molecule has 0 aliphatic carbocycles. The topological polar surface area (TPSA) is 0 Å². The van der Waals surface area contributed by atoms with Crippen LogP contribution in [0.3, 0.4) is 0 Å². The standard InChI is InChI=1S/C9H15P/c1-5-8(4)6-9(10)7(2)3/h5-6H,1,10H2,2-4H3/b8-6-. The summed E-state index contributed by atoms with van der Waals surface area (Å²) in [5.41, 5.74) is 2.53. The van der Waals surface area contributed by atoms with Crippen molar-refractivity contribution in [2.24, 2.45) is 0 Å². The monoisotopic (exact) mass is 154 g/mol. The Hall–Kier alpha value is -0.350. The molecule has 0 rings (SSSR count). The summed E-state index contributed by atoms with van der Waals surface area (Å²) in [5.74, 6) is 0. The molecule has 0 spiro atoms. The van der Waals surface area contributed by atoms with E-state index >= 15 is 0 Å². The minimum absolute atomic E-state index is 1.20. The molecule has 56 valence electrons. The zero-order valence-electron chi connectivity index (χ0n) is 6.94. The molecule has 1 heteroatoms. The molecule has 0 N–H and O–H groups in total. The maximum absolute atomic E-state index is 3.67. The summed E-state index contributed by atoms with van der Waals surface area (Å²) in [7, 11) is 2.70. The zero-order chi connectivity index (χ0) is 8.15. The Morgan fingerprint density at radius 3 is 2.10 bits per heavy atom. The molecule has 0 bridgehead atoms. The molecule has 0 fully saturated rings. The van der Waals surface area contributed by atoms with E-state index in [1.165, 1.54) is 16.5 Å². The Balaban J connectivity index is 4.42. The molecule has 0 heterocycles. The molecule has 0 aliphatic rings. The molecule has 0 nitrogen and oxygen atoms in total. The Bertz CT molecular complexity index is 181. The van der Waals surface area contributed by atoms with Crippen LogP contribution in [0.15, 0.2) is 35.2 Å². The highest BCUT2D eigenvalue weighted by atomic mass is 31.0. The average Bonchev–Trinajstić information content (AvgIpc) is 1.87. The van der Waals surface area contributed by atoms with Gasteiger partial charge in [-0.1, -0.05) is 29.9 Å². The van der Waals surface area contributed by atoms with Gasteiger partial charge in [0.25, 0.3) is 0 Å². The summed E-state index contributed by atoms with van der Waals surface area (Å²) in [6.07, 6.45) is 3.96. The predicted octanol–water partition coefficient (Wildman–Crippen LogP) is 3.29. The van der Waals surface area contributed by atoms with Gasteiger partial charge >= 0.3 is 0 Å². The van der Waals surface area contributed by atoms with E-state index in [0.29, 0.717) is 0 Å². The van der Waals surface area contributed by atoms with Gasteiger partial charge < -0.3 is 0 Å². The molecule has 0 aliphatic heterocycles. The molecular weight excluding hydrogens is 139 g/mol. The zero-order valence-corrected chi connectivity index (χ0v) is 8.09. The van der Waals surface area contributed by atoms with Gasteiger partial charge in [0.2, 0.25) is 0 Å². The van der Waals surface area contributed by atoms with Crippen molar-refractivity contribution < 1.29 is 0 Å². The first-order chi connectivity index (χ1) is 4.57. The van der Waals surface area contributed by atoms with Crippen LogP contribution in [0.5, 0.6) is 0 Å². The van der Waals surface area contributed by atoms with Gasteiger partial charge in [-0.2, -0.15) is 0 Å². The quantitative estimate of drug-likeness (QED) is 0.423. The van der Waals surface area contributed by atoms with Crippen molar-refractivity contribution in [3.8, 4) is 0 Å². The first-order valence-corrected chi connectivity index (χ1v) is 3.89. The molecule has 0 radical (unpaired) electrons. The van der Waals surface area contributed by atoms with Gasteiger partial charge in [-0.25, -0.2) is 0 Å². The second-order valence-corrected chi connectivity index (χ2v) is 3.17. The number of hydrogen-bond donors (Lipinski definition) is 0. The highest BCUT2D eigenvalue weighted by Crippen LogP contribution is 2.15. The molecule has 10 heavy (non-hydrogen) atoms. The first-order valence-electron chi connectivity index (χ1n) is 3.31. The molecule has 0 amide bonds. The van der Waals surface area contributed by atoms with Crippen LogP contribution in [-0.2, 0) is 0 Å². The van der Waals surface area contributed by atoms with Gasteiger partial charge in [0.1, 0.15) is 0 Å². The van der Waals surface area contributed by atoms with Crippen LogP contribution in [0.25, 0.3) is 0 Å². The lowest BCUT2D eigenvalue weighted by Gasteiger charge is -1.96. The van der Waals surface area contributed by atoms with E-state index in [1.807, 2.05) is 13.0 Å². The molecule has 0 saturated carbocycles. The summed E-state index contributed by atoms with van der Waals surface area (Å²) >= 11 is 0. The van der Waals surface area contributed by atoms with E-state index < -0.39 is 0 Å². The van der Waals surface area contributed by atoms with Crippen molar-refractivity contribution in [1.29, 1.82) is 0 Å². The fraction of sp³-hybridized carbons (Fsp3) is 0.333. The number of rotatable bonds is 2. The largest absolute Gasteiger partial charge is 0.106 e. The van der Waals surface area contributed by atoms with Crippen LogP contribution in [0, 0.1) is 0 Å². The SMILES string of the molecule is C=C/C(C)=C\C(P)=C(C)C. The van der Waals surface area contributed by atoms with E-state index in [0.717, 1.165) is 0 Å². The third-order valence-electron chi connectivity index (χ3n) is 1.28. The molecule has 0 aromatic rings. The molecule has 0 saturated heterocycles. The maximum Gasteiger partial charge on any atom is -0.0314 e. The van der Waals surface area contributed by atoms with Gasteiger partial charge in [0, 0.05) is 0 Å². The molecule has 1 unspecified atom stereocenters. The second kappa shape index (κ2) is 4.46. The Labute approximate surface area is 65.9 Å². The Kier molecular flexibility index (Phi) is 4.31.